The van der Waals surface area contributed by atoms with Crippen LogP contribution in [0.25, 0.3) is 0 Å². The van der Waals surface area contributed by atoms with E-state index in [9.17, 15) is 14.4 Å². The van der Waals surface area contributed by atoms with Crippen molar-refractivity contribution < 1.29 is 28.6 Å². The van der Waals surface area contributed by atoms with Gasteiger partial charge in [-0.15, -0.1) is 0 Å². The lowest BCUT2D eigenvalue weighted by Crippen LogP contribution is -2.32. The summed E-state index contributed by atoms with van der Waals surface area (Å²) in [6.45, 7) is -0.166. The Hall–Kier alpha value is -2.70. The normalized spacial score (nSPS) is 21.4. The van der Waals surface area contributed by atoms with Gasteiger partial charge in [0.15, 0.2) is 0 Å². The standard InChI is InChI=1S/C20H17ClO6/c21-18(22)16-11-15(27-20(24)14-9-5-2-6-10-14)17(26-16)12-25-19(23)13-7-3-1-4-8-13/h1-10,15-17H,11-12H2/t15-,16+,17+/m0/s1. The minimum atomic E-state index is -0.916. The van der Waals surface area contributed by atoms with Crippen LogP contribution in [0.15, 0.2) is 60.7 Å². The Morgan fingerprint density at radius 2 is 1.48 bits per heavy atom. The van der Waals surface area contributed by atoms with Crippen LogP contribution in [0.3, 0.4) is 0 Å². The molecule has 0 N–H and O–H groups in total. The van der Waals surface area contributed by atoms with Gasteiger partial charge in [-0.2, -0.15) is 0 Å². The van der Waals surface area contributed by atoms with Gasteiger partial charge in [0, 0.05) is 6.42 Å². The molecule has 0 aromatic heterocycles. The molecule has 6 nitrogen and oxygen atoms in total. The summed E-state index contributed by atoms with van der Waals surface area (Å²) in [7, 11) is 0. The van der Waals surface area contributed by atoms with Gasteiger partial charge in [0.1, 0.15) is 24.9 Å². The third-order valence-electron chi connectivity index (χ3n) is 4.11. The molecule has 1 saturated heterocycles. The number of esters is 2. The molecule has 0 bridgehead atoms. The lowest BCUT2D eigenvalue weighted by molar-refractivity contribution is -0.122. The van der Waals surface area contributed by atoms with Crippen molar-refractivity contribution in [1.29, 1.82) is 0 Å². The summed E-state index contributed by atoms with van der Waals surface area (Å²) in [5, 5.41) is -0.687. The Kier molecular flexibility index (Phi) is 6.21. The smallest absolute Gasteiger partial charge is 0.338 e. The van der Waals surface area contributed by atoms with E-state index in [1.807, 2.05) is 0 Å². The Balaban J connectivity index is 1.64. The van der Waals surface area contributed by atoms with Gasteiger partial charge < -0.3 is 14.2 Å². The van der Waals surface area contributed by atoms with Crippen LogP contribution in [0.4, 0.5) is 0 Å². The first-order valence-corrected chi connectivity index (χ1v) is 8.75. The van der Waals surface area contributed by atoms with Gasteiger partial charge in [-0.1, -0.05) is 36.4 Å². The van der Waals surface area contributed by atoms with E-state index in [-0.39, 0.29) is 13.0 Å². The van der Waals surface area contributed by atoms with Gasteiger partial charge in [0.05, 0.1) is 11.1 Å². The SMILES string of the molecule is O=C(OC[C@H]1O[C@@H](C(=O)Cl)C[C@@H]1OC(=O)c1ccccc1)c1ccccc1. The zero-order valence-corrected chi connectivity index (χ0v) is 15.0. The van der Waals surface area contributed by atoms with Crippen molar-refractivity contribution in [2.75, 3.05) is 6.61 Å². The lowest BCUT2D eigenvalue weighted by atomic mass is 10.1. The summed E-state index contributed by atoms with van der Waals surface area (Å²) in [6, 6.07) is 16.9. The summed E-state index contributed by atoms with van der Waals surface area (Å²) >= 11 is 5.51. The molecule has 0 unspecified atom stereocenters. The fourth-order valence-corrected chi connectivity index (χ4v) is 2.87. The van der Waals surface area contributed by atoms with Gasteiger partial charge in [-0.05, 0) is 35.9 Å². The Labute approximate surface area is 161 Å². The highest BCUT2D eigenvalue weighted by molar-refractivity contribution is 6.64. The van der Waals surface area contributed by atoms with E-state index in [1.54, 1.807) is 60.7 Å². The predicted octanol–water partition coefficient (Wildman–Crippen LogP) is 2.99. The van der Waals surface area contributed by atoms with Crippen molar-refractivity contribution in [1.82, 2.24) is 0 Å². The minimum absolute atomic E-state index is 0.106. The van der Waals surface area contributed by atoms with Crippen LogP contribution in [0.1, 0.15) is 27.1 Å². The first kappa shape index (κ1) is 19.1. The number of benzene rings is 2. The topological polar surface area (TPSA) is 78.9 Å². The average Bonchev–Trinajstić information content (AvgIpc) is 3.10. The fraction of sp³-hybridized carbons (Fsp3) is 0.250. The molecule has 0 amide bonds. The molecular formula is C20H17ClO6. The van der Waals surface area contributed by atoms with E-state index < -0.39 is 35.5 Å². The highest BCUT2D eigenvalue weighted by atomic mass is 35.5. The van der Waals surface area contributed by atoms with Crippen molar-refractivity contribution >= 4 is 28.8 Å². The van der Waals surface area contributed by atoms with E-state index in [4.69, 9.17) is 25.8 Å². The van der Waals surface area contributed by atoms with E-state index in [2.05, 4.69) is 0 Å². The quantitative estimate of drug-likeness (QED) is 0.559. The molecule has 2 aromatic carbocycles. The fourth-order valence-electron chi connectivity index (χ4n) is 2.73. The predicted molar refractivity (Wildman–Crippen MR) is 96.5 cm³/mol. The van der Waals surface area contributed by atoms with Crippen LogP contribution in [0.5, 0.6) is 0 Å². The molecule has 0 aliphatic carbocycles. The molecule has 140 valence electrons. The summed E-state index contributed by atoms with van der Waals surface area (Å²) in [6.07, 6.45) is -2.35. The number of hydrogen-bond donors (Lipinski definition) is 0. The number of hydrogen-bond acceptors (Lipinski definition) is 6. The van der Waals surface area contributed by atoms with Crippen LogP contribution in [-0.4, -0.2) is 42.1 Å². The Morgan fingerprint density at radius 1 is 0.926 bits per heavy atom. The molecular weight excluding hydrogens is 372 g/mol. The van der Waals surface area contributed by atoms with Crippen molar-refractivity contribution in [3.05, 3.63) is 71.8 Å². The number of carbonyl (C=O) groups is 3. The van der Waals surface area contributed by atoms with Gasteiger partial charge in [0.2, 0.25) is 0 Å². The van der Waals surface area contributed by atoms with Crippen molar-refractivity contribution in [3.63, 3.8) is 0 Å². The Bertz CT molecular complexity index is 808. The molecule has 7 heteroatoms. The molecule has 1 heterocycles. The van der Waals surface area contributed by atoms with Crippen LogP contribution in [0.2, 0.25) is 0 Å². The van der Waals surface area contributed by atoms with Crippen LogP contribution < -0.4 is 0 Å². The van der Waals surface area contributed by atoms with Crippen LogP contribution in [-0.2, 0) is 19.0 Å². The second kappa shape index (κ2) is 8.79. The van der Waals surface area contributed by atoms with E-state index in [0.717, 1.165) is 0 Å². The number of halogens is 1. The molecule has 0 radical (unpaired) electrons. The highest BCUT2D eigenvalue weighted by Crippen LogP contribution is 2.26. The summed E-state index contributed by atoms with van der Waals surface area (Å²) < 4.78 is 16.2. The average molecular weight is 389 g/mol. The summed E-state index contributed by atoms with van der Waals surface area (Å²) in [5.74, 6) is -1.08. The zero-order chi connectivity index (χ0) is 19.2. The van der Waals surface area contributed by atoms with Crippen molar-refractivity contribution in [2.24, 2.45) is 0 Å². The molecule has 0 saturated carbocycles. The van der Waals surface area contributed by atoms with Gasteiger partial charge in [0.25, 0.3) is 5.24 Å². The van der Waals surface area contributed by atoms with E-state index in [0.29, 0.717) is 11.1 Å². The molecule has 2 aromatic rings. The maximum Gasteiger partial charge on any atom is 0.338 e. The first-order valence-electron chi connectivity index (χ1n) is 8.37. The number of ether oxygens (including phenoxy) is 3. The summed E-state index contributed by atoms with van der Waals surface area (Å²) in [5.41, 5.74) is 0.761. The molecule has 1 fully saturated rings. The summed E-state index contributed by atoms with van der Waals surface area (Å²) in [4.78, 5) is 35.8. The first-order chi connectivity index (χ1) is 13.0. The largest absolute Gasteiger partial charge is 0.459 e. The maximum absolute atomic E-state index is 12.3. The van der Waals surface area contributed by atoms with Crippen molar-refractivity contribution in [3.8, 4) is 0 Å². The molecule has 27 heavy (non-hydrogen) atoms. The third kappa shape index (κ3) is 4.93. The Morgan fingerprint density at radius 3 is 2.04 bits per heavy atom. The van der Waals surface area contributed by atoms with Gasteiger partial charge >= 0.3 is 11.9 Å². The van der Waals surface area contributed by atoms with E-state index >= 15 is 0 Å². The van der Waals surface area contributed by atoms with Crippen LogP contribution in [0, 0.1) is 0 Å². The van der Waals surface area contributed by atoms with E-state index in [1.165, 1.54) is 0 Å². The maximum atomic E-state index is 12.3. The second-order valence-corrected chi connectivity index (χ2v) is 6.35. The number of rotatable bonds is 6. The highest BCUT2D eigenvalue weighted by Gasteiger charge is 2.41. The molecule has 0 spiro atoms. The third-order valence-corrected chi connectivity index (χ3v) is 4.35. The van der Waals surface area contributed by atoms with Crippen molar-refractivity contribution in [2.45, 2.75) is 24.7 Å². The monoisotopic (exact) mass is 388 g/mol. The molecule has 3 rings (SSSR count). The zero-order valence-electron chi connectivity index (χ0n) is 14.2. The molecule has 3 atom stereocenters. The lowest BCUT2D eigenvalue weighted by Gasteiger charge is -2.19. The second-order valence-electron chi connectivity index (χ2n) is 5.98. The number of carbonyl (C=O) groups excluding carboxylic acids is 3. The van der Waals surface area contributed by atoms with Gasteiger partial charge in [-0.3, -0.25) is 4.79 Å². The van der Waals surface area contributed by atoms with Gasteiger partial charge in [-0.25, -0.2) is 9.59 Å². The molecule has 1 aliphatic heterocycles. The van der Waals surface area contributed by atoms with Crippen LogP contribution >= 0.6 is 11.6 Å². The molecule has 1 aliphatic rings. The minimum Gasteiger partial charge on any atom is -0.459 e.